The lowest BCUT2D eigenvalue weighted by Crippen LogP contribution is -2.13. The molecule has 1 nitrogen and oxygen atoms in total. The van der Waals surface area contributed by atoms with Gasteiger partial charge >= 0.3 is 0 Å². The van der Waals surface area contributed by atoms with Crippen LogP contribution in [0.25, 0.3) is 0 Å². The van der Waals surface area contributed by atoms with E-state index in [1.165, 1.54) is 16.7 Å². The summed E-state index contributed by atoms with van der Waals surface area (Å²) in [5.41, 5.74) is 3.91. The number of hydrogen-bond donors (Lipinski definition) is 1. The Morgan fingerprint density at radius 3 is 2.23 bits per heavy atom. The summed E-state index contributed by atoms with van der Waals surface area (Å²) in [6, 6.07) is 4.03. The van der Waals surface area contributed by atoms with E-state index in [2.05, 4.69) is 26.1 Å². The highest BCUT2D eigenvalue weighted by molar-refractivity contribution is 6.30. The summed E-state index contributed by atoms with van der Waals surface area (Å²) < 4.78 is 0. The molecule has 1 rings (SSSR count). The second-order valence-electron chi connectivity index (χ2n) is 3.30. The van der Waals surface area contributed by atoms with E-state index in [-0.39, 0.29) is 0 Å². The fourth-order valence-electron chi connectivity index (χ4n) is 1.47. The van der Waals surface area contributed by atoms with Crippen LogP contribution >= 0.6 is 11.6 Å². The number of aryl methyl sites for hydroxylation is 2. The lowest BCUT2D eigenvalue weighted by molar-refractivity contribution is 0.720. The van der Waals surface area contributed by atoms with Gasteiger partial charge in [0.2, 0.25) is 0 Å². The molecule has 0 atom stereocenters. The summed E-state index contributed by atoms with van der Waals surface area (Å²) >= 11 is 5.94. The van der Waals surface area contributed by atoms with Crippen LogP contribution in [0.3, 0.4) is 0 Å². The Kier molecular flexibility index (Phi) is 3.76. The lowest BCUT2D eigenvalue weighted by Gasteiger charge is -2.10. The molecule has 0 bridgehead atoms. The van der Waals surface area contributed by atoms with Gasteiger partial charge in [-0.1, -0.05) is 18.5 Å². The zero-order valence-electron chi connectivity index (χ0n) is 8.45. The Morgan fingerprint density at radius 1 is 1.23 bits per heavy atom. The van der Waals surface area contributed by atoms with E-state index >= 15 is 0 Å². The third kappa shape index (κ3) is 2.71. The first-order valence-electron chi connectivity index (χ1n) is 4.61. The SMILES string of the molecule is CCNCc1c(C)cc(Cl)cc1C. The first-order chi connectivity index (χ1) is 6.15. The van der Waals surface area contributed by atoms with Crippen molar-refractivity contribution in [2.75, 3.05) is 6.54 Å². The molecule has 0 radical (unpaired) electrons. The first kappa shape index (κ1) is 10.6. The minimum Gasteiger partial charge on any atom is -0.313 e. The molecule has 0 unspecified atom stereocenters. The van der Waals surface area contributed by atoms with Crippen molar-refractivity contribution in [3.05, 3.63) is 33.8 Å². The van der Waals surface area contributed by atoms with E-state index in [4.69, 9.17) is 11.6 Å². The van der Waals surface area contributed by atoms with E-state index in [0.29, 0.717) is 0 Å². The topological polar surface area (TPSA) is 12.0 Å². The Balaban J connectivity index is 2.92. The van der Waals surface area contributed by atoms with Crippen LogP contribution in [-0.2, 0) is 6.54 Å². The van der Waals surface area contributed by atoms with Crippen molar-refractivity contribution >= 4 is 11.6 Å². The minimum absolute atomic E-state index is 0.829. The van der Waals surface area contributed by atoms with Crippen LogP contribution in [0.4, 0.5) is 0 Å². The third-order valence-corrected chi connectivity index (χ3v) is 2.43. The van der Waals surface area contributed by atoms with Gasteiger partial charge in [0, 0.05) is 11.6 Å². The van der Waals surface area contributed by atoms with Crippen molar-refractivity contribution in [1.29, 1.82) is 0 Å². The average molecular weight is 198 g/mol. The van der Waals surface area contributed by atoms with E-state index in [9.17, 15) is 0 Å². The van der Waals surface area contributed by atoms with Crippen molar-refractivity contribution in [3.8, 4) is 0 Å². The maximum absolute atomic E-state index is 5.94. The minimum atomic E-state index is 0.829. The molecular formula is C11H16ClN. The van der Waals surface area contributed by atoms with Crippen molar-refractivity contribution in [3.63, 3.8) is 0 Å². The van der Waals surface area contributed by atoms with Gasteiger partial charge in [-0.2, -0.15) is 0 Å². The third-order valence-electron chi connectivity index (χ3n) is 2.21. The molecule has 0 aliphatic rings. The molecule has 2 heteroatoms. The molecule has 0 aromatic heterocycles. The number of benzene rings is 1. The monoisotopic (exact) mass is 197 g/mol. The molecule has 0 amide bonds. The normalized spacial score (nSPS) is 10.5. The van der Waals surface area contributed by atoms with Gasteiger partial charge in [0.15, 0.2) is 0 Å². The molecule has 0 aliphatic carbocycles. The largest absolute Gasteiger partial charge is 0.313 e. The predicted molar refractivity (Wildman–Crippen MR) is 58.3 cm³/mol. The maximum atomic E-state index is 5.94. The maximum Gasteiger partial charge on any atom is 0.0411 e. The average Bonchev–Trinajstić information content (AvgIpc) is 2.02. The van der Waals surface area contributed by atoms with Gasteiger partial charge in [0.1, 0.15) is 0 Å². The van der Waals surface area contributed by atoms with Gasteiger partial charge in [-0.25, -0.2) is 0 Å². The quantitative estimate of drug-likeness (QED) is 0.786. The number of nitrogens with one attached hydrogen (secondary N) is 1. The van der Waals surface area contributed by atoms with Crippen LogP contribution in [-0.4, -0.2) is 6.54 Å². The van der Waals surface area contributed by atoms with E-state index in [1.54, 1.807) is 0 Å². The molecule has 1 aromatic carbocycles. The number of hydrogen-bond acceptors (Lipinski definition) is 1. The van der Waals surface area contributed by atoms with Gasteiger partial charge in [0.25, 0.3) is 0 Å². The first-order valence-corrected chi connectivity index (χ1v) is 4.99. The summed E-state index contributed by atoms with van der Waals surface area (Å²) in [5.74, 6) is 0. The van der Waals surface area contributed by atoms with Gasteiger partial charge in [-0.05, 0) is 49.2 Å². The summed E-state index contributed by atoms with van der Waals surface area (Å²) in [6.07, 6.45) is 0. The van der Waals surface area contributed by atoms with Crippen LogP contribution < -0.4 is 5.32 Å². The van der Waals surface area contributed by atoms with Crippen LogP contribution in [0.15, 0.2) is 12.1 Å². The van der Waals surface area contributed by atoms with Crippen LogP contribution in [0.2, 0.25) is 5.02 Å². The highest BCUT2D eigenvalue weighted by Gasteiger charge is 2.02. The molecule has 0 aliphatic heterocycles. The molecular weight excluding hydrogens is 182 g/mol. The van der Waals surface area contributed by atoms with Gasteiger partial charge in [-0.3, -0.25) is 0 Å². The van der Waals surface area contributed by atoms with E-state index in [1.807, 2.05) is 12.1 Å². The smallest absolute Gasteiger partial charge is 0.0411 e. The van der Waals surface area contributed by atoms with Crippen LogP contribution in [0.1, 0.15) is 23.6 Å². The molecule has 0 spiro atoms. The fraction of sp³-hybridized carbons (Fsp3) is 0.455. The zero-order chi connectivity index (χ0) is 9.84. The number of rotatable bonds is 3. The molecule has 72 valence electrons. The standard InChI is InChI=1S/C11H16ClN/c1-4-13-7-11-8(2)5-10(12)6-9(11)3/h5-6,13H,4,7H2,1-3H3. The van der Waals surface area contributed by atoms with Crippen molar-refractivity contribution in [1.82, 2.24) is 5.32 Å². The van der Waals surface area contributed by atoms with E-state index < -0.39 is 0 Å². The van der Waals surface area contributed by atoms with Gasteiger partial charge in [-0.15, -0.1) is 0 Å². The fourth-order valence-corrected chi connectivity index (χ4v) is 1.80. The predicted octanol–water partition coefficient (Wildman–Crippen LogP) is 3.07. The lowest BCUT2D eigenvalue weighted by atomic mass is 10.0. The number of halogens is 1. The highest BCUT2D eigenvalue weighted by atomic mass is 35.5. The van der Waals surface area contributed by atoms with Crippen molar-refractivity contribution in [2.24, 2.45) is 0 Å². The Morgan fingerprint density at radius 2 is 1.77 bits per heavy atom. The molecule has 0 heterocycles. The Labute approximate surface area is 85.1 Å². The summed E-state index contributed by atoms with van der Waals surface area (Å²) in [6.45, 7) is 8.25. The Bertz CT molecular complexity index is 271. The van der Waals surface area contributed by atoms with Crippen molar-refractivity contribution in [2.45, 2.75) is 27.3 Å². The molecule has 0 fully saturated rings. The molecule has 1 N–H and O–H groups in total. The second-order valence-corrected chi connectivity index (χ2v) is 3.73. The highest BCUT2D eigenvalue weighted by Crippen LogP contribution is 2.19. The zero-order valence-corrected chi connectivity index (χ0v) is 9.20. The van der Waals surface area contributed by atoms with Gasteiger partial charge in [0.05, 0.1) is 0 Å². The summed E-state index contributed by atoms with van der Waals surface area (Å²) in [7, 11) is 0. The Hall–Kier alpha value is -0.530. The molecule has 0 saturated heterocycles. The van der Waals surface area contributed by atoms with Gasteiger partial charge < -0.3 is 5.32 Å². The summed E-state index contributed by atoms with van der Waals surface area (Å²) in [4.78, 5) is 0. The van der Waals surface area contributed by atoms with Crippen LogP contribution in [0, 0.1) is 13.8 Å². The van der Waals surface area contributed by atoms with E-state index in [0.717, 1.165) is 18.1 Å². The molecule has 0 saturated carbocycles. The molecule has 13 heavy (non-hydrogen) atoms. The molecule has 1 aromatic rings. The van der Waals surface area contributed by atoms with Crippen LogP contribution in [0.5, 0.6) is 0 Å². The second kappa shape index (κ2) is 4.64. The van der Waals surface area contributed by atoms with Crippen molar-refractivity contribution < 1.29 is 0 Å². The summed E-state index contributed by atoms with van der Waals surface area (Å²) in [5, 5.41) is 4.15.